The third kappa shape index (κ3) is 1.88. The van der Waals surface area contributed by atoms with Gasteiger partial charge in [0.1, 0.15) is 0 Å². The summed E-state index contributed by atoms with van der Waals surface area (Å²) in [5.41, 5.74) is 1.47. The minimum absolute atomic E-state index is 0.160. The zero-order chi connectivity index (χ0) is 13.7. The van der Waals surface area contributed by atoms with Gasteiger partial charge in [-0.1, -0.05) is 35.4 Å². The highest BCUT2D eigenvalue weighted by Gasteiger charge is 2.51. The Hall–Kier alpha value is -1.32. The van der Waals surface area contributed by atoms with Gasteiger partial charge in [0.15, 0.2) is 0 Å². The topological polar surface area (TPSA) is 37.4 Å². The normalized spacial score (nSPS) is 26.2. The van der Waals surface area contributed by atoms with Crippen molar-refractivity contribution in [1.29, 1.82) is 0 Å². The second kappa shape index (κ2) is 4.36. The largest absolute Gasteiger partial charge is 0.274 e. The highest BCUT2D eigenvalue weighted by atomic mass is 35.5. The molecule has 1 aromatic carbocycles. The number of halogens is 2. The summed E-state index contributed by atoms with van der Waals surface area (Å²) in [6, 6.07) is 4.78. The number of amides is 2. The number of anilines is 1. The summed E-state index contributed by atoms with van der Waals surface area (Å²) in [7, 11) is 0. The first-order valence-corrected chi connectivity index (χ1v) is 6.74. The van der Waals surface area contributed by atoms with Crippen molar-refractivity contribution in [3.8, 4) is 0 Å². The molecule has 3 nitrogen and oxygen atoms in total. The van der Waals surface area contributed by atoms with Gasteiger partial charge < -0.3 is 0 Å². The Morgan fingerprint density at radius 2 is 1.63 bits per heavy atom. The van der Waals surface area contributed by atoms with Crippen LogP contribution in [0.2, 0.25) is 10.0 Å². The summed E-state index contributed by atoms with van der Waals surface area (Å²) in [6.45, 7) is 3.87. The van der Waals surface area contributed by atoms with Crippen molar-refractivity contribution in [2.75, 3.05) is 4.90 Å². The van der Waals surface area contributed by atoms with E-state index in [1.54, 1.807) is 18.2 Å². The van der Waals surface area contributed by atoms with Crippen LogP contribution in [0.4, 0.5) is 5.69 Å². The maximum Gasteiger partial charge on any atom is 0.238 e. The van der Waals surface area contributed by atoms with E-state index >= 15 is 0 Å². The molecule has 0 N–H and O–H groups in total. The Kier molecular flexibility index (Phi) is 2.91. The van der Waals surface area contributed by atoms with Crippen LogP contribution in [0.25, 0.3) is 0 Å². The maximum absolute atomic E-state index is 12.3. The molecular formula is C14H11Cl2NO2. The van der Waals surface area contributed by atoms with Gasteiger partial charge >= 0.3 is 0 Å². The number of allylic oxidation sites excluding steroid dienone is 1. The summed E-state index contributed by atoms with van der Waals surface area (Å²) >= 11 is 11.8. The molecule has 1 aliphatic heterocycles. The zero-order valence-corrected chi connectivity index (χ0v) is 11.5. The molecule has 2 unspecified atom stereocenters. The lowest BCUT2D eigenvalue weighted by atomic mass is 10.00. The van der Waals surface area contributed by atoms with E-state index in [0.29, 0.717) is 28.6 Å². The third-order valence-electron chi connectivity index (χ3n) is 3.74. The average molecular weight is 296 g/mol. The molecule has 5 heteroatoms. The van der Waals surface area contributed by atoms with E-state index in [0.717, 1.165) is 5.57 Å². The van der Waals surface area contributed by atoms with Crippen molar-refractivity contribution >= 4 is 40.7 Å². The Bertz CT molecular complexity index is 585. The van der Waals surface area contributed by atoms with E-state index in [1.807, 2.05) is 0 Å². The standard InChI is InChI=1S/C14H11Cl2NO2/c1-7-4-9-10(5-7)14(19)17(13(9)18)8-2-3-11(15)12(16)6-8/h2-3,6,9-10H,1,4-5H2. The SMILES string of the molecule is C=C1CC2C(=O)N(c3ccc(Cl)c(Cl)c3)C(=O)C2C1. The van der Waals surface area contributed by atoms with Crippen molar-refractivity contribution in [2.24, 2.45) is 11.8 Å². The van der Waals surface area contributed by atoms with Gasteiger partial charge in [-0.15, -0.1) is 0 Å². The van der Waals surface area contributed by atoms with Gasteiger partial charge in [0.2, 0.25) is 11.8 Å². The summed E-state index contributed by atoms with van der Waals surface area (Å²) in [6.07, 6.45) is 1.21. The molecule has 2 fully saturated rings. The van der Waals surface area contributed by atoms with Crippen molar-refractivity contribution in [3.63, 3.8) is 0 Å². The highest BCUT2D eigenvalue weighted by molar-refractivity contribution is 6.42. The molecule has 0 bridgehead atoms. The Morgan fingerprint density at radius 1 is 1.05 bits per heavy atom. The monoisotopic (exact) mass is 295 g/mol. The van der Waals surface area contributed by atoms with E-state index in [9.17, 15) is 9.59 Å². The van der Waals surface area contributed by atoms with Crippen LogP contribution < -0.4 is 4.90 Å². The van der Waals surface area contributed by atoms with Gasteiger partial charge in [0, 0.05) is 0 Å². The van der Waals surface area contributed by atoms with E-state index in [4.69, 9.17) is 23.2 Å². The minimum Gasteiger partial charge on any atom is -0.274 e. The summed E-state index contributed by atoms with van der Waals surface area (Å²) < 4.78 is 0. The molecule has 1 heterocycles. The van der Waals surface area contributed by atoms with Crippen LogP contribution in [0.3, 0.4) is 0 Å². The predicted octanol–water partition coefficient (Wildman–Crippen LogP) is 3.45. The number of hydrogen-bond acceptors (Lipinski definition) is 2. The number of carbonyl (C=O) groups excluding carboxylic acids is 2. The van der Waals surface area contributed by atoms with Crippen LogP contribution in [0.5, 0.6) is 0 Å². The highest BCUT2D eigenvalue weighted by Crippen LogP contribution is 2.44. The molecule has 1 aromatic rings. The first kappa shape index (κ1) is 12.7. The molecule has 98 valence electrons. The second-order valence-corrected chi connectivity index (χ2v) is 5.80. The van der Waals surface area contributed by atoms with Gasteiger partial charge in [-0.25, -0.2) is 4.90 Å². The van der Waals surface area contributed by atoms with Crippen LogP contribution in [0.15, 0.2) is 30.4 Å². The summed E-state index contributed by atoms with van der Waals surface area (Å²) in [4.78, 5) is 25.9. The number of rotatable bonds is 1. The van der Waals surface area contributed by atoms with Crippen LogP contribution in [0.1, 0.15) is 12.8 Å². The smallest absolute Gasteiger partial charge is 0.238 e. The number of nitrogens with zero attached hydrogens (tertiary/aromatic N) is 1. The molecule has 3 rings (SSSR count). The molecule has 0 aromatic heterocycles. The Morgan fingerprint density at radius 3 is 2.16 bits per heavy atom. The molecular weight excluding hydrogens is 285 g/mol. The summed E-state index contributed by atoms with van der Waals surface area (Å²) in [5.74, 6) is -0.831. The number of imide groups is 1. The molecule has 1 saturated heterocycles. The van der Waals surface area contributed by atoms with Gasteiger partial charge in [-0.3, -0.25) is 9.59 Å². The van der Waals surface area contributed by atoms with Crippen molar-refractivity contribution < 1.29 is 9.59 Å². The zero-order valence-electron chi connectivity index (χ0n) is 10.0. The van der Waals surface area contributed by atoms with Gasteiger partial charge in [0.05, 0.1) is 27.6 Å². The van der Waals surface area contributed by atoms with Gasteiger partial charge in [-0.2, -0.15) is 0 Å². The van der Waals surface area contributed by atoms with Crippen LogP contribution in [0, 0.1) is 11.8 Å². The molecule has 19 heavy (non-hydrogen) atoms. The Balaban J connectivity index is 1.98. The van der Waals surface area contributed by atoms with E-state index in [-0.39, 0.29) is 23.7 Å². The lowest BCUT2D eigenvalue weighted by Crippen LogP contribution is -2.31. The fourth-order valence-corrected chi connectivity index (χ4v) is 3.12. The quantitative estimate of drug-likeness (QED) is 0.588. The van der Waals surface area contributed by atoms with Gasteiger partial charge in [0.25, 0.3) is 0 Å². The maximum atomic E-state index is 12.3. The predicted molar refractivity (Wildman–Crippen MR) is 74.3 cm³/mol. The van der Waals surface area contributed by atoms with E-state index in [2.05, 4.69) is 6.58 Å². The van der Waals surface area contributed by atoms with Crippen LogP contribution >= 0.6 is 23.2 Å². The molecule has 0 spiro atoms. The number of benzene rings is 1. The lowest BCUT2D eigenvalue weighted by molar-refractivity contribution is -0.122. The lowest BCUT2D eigenvalue weighted by Gasteiger charge is -2.16. The molecule has 1 aliphatic carbocycles. The van der Waals surface area contributed by atoms with Crippen LogP contribution in [-0.2, 0) is 9.59 Å². The fourth-order valence-electron chi connectivity index (χ4n) is 2.83. The number of fused-ring (bicyclic) bond motifs is 1. The van der Waals surface area contributed by atoms with Crippen molar-refractivity contribution in [3.05, 3.63) is 40.4 Å². The fraction of sp³-hybridized carbons (Fsp3) is 0.286. The molecule has 2 aliphatic rings. The second-order valence-electron chi connectivity index (χ2n) is 4.98. The summed E-state index contributed by atoms with van der Waals surface area (Å²) in [5, 5.41) is 0.735. The van der Waals surface area contributed by atoms with Gasteiger partial charge in [-0.05, 0) is 31.0 Å². The van der Waals surface area contributed by atoms with Crippen LogP contribution in [-0.4, -0.2) is 11.8 Å². The van der Waals surface area contributed by atoms with E-state index < -0.39 is 0 Å². The number of hydrogen-bond donors (Lipinski definition) is 0. The molecule has 1 saturated carbocycles. The van der Waals surface area contributed by atoms with Crippen molar-refractivity contribution in [1.82, 2.24) is 0 Å². The third-order valence-corrected chi connectivity index (χ3v) is 4.48. The molecule has 2 atom stereocenters. The first-order valence-electron chi connectivity index (χ1n) is 5.98. The minimum atomic E-state index is -0.255. The molecule has 2 amide bonds. The van der Waals surface area contributed by atoms with Crippen molar-refractivity contribution in [2.45, 2.75) is 12.8 Å². The first-order chi connectivity index (χ1) is 8.99. The Labute approximate surface area is 120 Å². The number of carbonyl (C=O) groups is 2. The average Bonchev–Trinajstić information content (AvgIpc) is 2.84. The van der Waals surface area contributed by atoms with E-state index in [1.165, 1.54) is 4.90 Å². The molecule has 0 radical (unpaired) electrons.